The molecule has 7 nitrogen and oxygen atoms in total. The van der Waals surface area contributed by atoms with E-state index in [-0.39, 0.29) is 16.9 Å². The van der Waals surface area contributed by atoms with Crippen LogP contribution in [-0.4, -0.2) is 39.4 Å². The van der Waals surface area contributed by atoms with Crippen LogP contribution in [0.1, 0.15) is 50.5 Å². The summed E-state index contributed by atoms with van der Waals surface area (Å²) in [4.78, 5) is 44.4. The number of amides is 2. The number of carbonyl (C=O) groups excluding carboxylic acids is 2. The molecule has 1 saturated heterocycles. The molecule has 1 N–H and O–H groups in total. The van der Waals surface area contributed by atoms with Crippen LogP contribution in [0.4, 0.5) is 0 Å². The van der Waals surface area contributed by atoms with E-state index in [4.69, 9.17) is 0 Å². The topological polar surface area (TPSA) is 84.3 Å². The molecule has 0 unspecified atom stereocenters. The summed E-state index contributed by atoms with van der Waals surface area (Å²) in [6.07, 6.45) is 3.21. The van der Waals surface area contributed by atoms with Crippen molar-refractivity contribution in [2.24, 2.45) is 0 Å². The van der Waals surface area contributed by atoms with Crippen molar-refractivity contribution in [1.29, 1.82) is 0 Å². The first-order valence-corrected chi connectivity index (χ1v) is 11.7. The number of aromatic nitrogens is 2. The second-order valence-corrected chi connectivity index (χ2v) is 9.44. The first-order chi connectivity index (χ1) is 15.4. The summed E-state index contributed by atoms with van der Waals surface area (Å²) >= 11 is 1.51. The smallest absolute Gasteiger partial charge is 0.285 e. The van der Waals surface area contributed by atoms with Crippen LogP contribution in [0, 0.1) is 6.92 Å². The molecule has 8 heteroatoms. The number of fused-ring (bicyclic) bond motifs is 2. The zero-order valence-corrected chi connectivity index (χ0v) is 18.7. The molecule has 5 rings (SSSR count). The van der Waals surface area contributed by atoms with Gasteiger partial charge in [-0.2, -0.15) is 16.3 Å². The van der Waals surface area contributed by atoms with Crippen LogP contribution in [0.5, 0.6) is 0 Å². The zero-order valence-electron chi connectivity index (χ0n) is 17.8. The normalized spacial score (nSPS) is 19.3. The molecule has 164 valence electrons. The Balaban J connectivity index is 1.33. The molecule has 4 heterocycles. The van der Waals surface area contributed by atoms with Crippen molar-refractivity contribution in [2.45, 2.75) is 38.3 Å². The van der Waals surface area contributed by atoms with Crippen molar-refractivity contribution in [2.75, 3.05) is 13.1 Å². The van der Waals surface area contributed by atoms with Crippen molar-refractivity contribution >= 4 is 23.2 Å². The minimum atomic E-state index is -0.512. The van der Waals surface area contributed by atoms with Gasteiger partial charge in [0.25, 0.3) is 17.4 Å². The van der Waals surface area contributed by atoms with Crippen LogP contribution in [0.2, 0.25) is 0 Å². The minimum absolute atomic E-state index is 0.0241. The van der Waals surface area contributed by atoms with E-state index in [2.05, 4.69) is 10.3 Å². The molecule has 3 aromatic rings. The van der Waals surface area contributed by atoms with Gasteiger partial charge in [0.2, 0.25) is 0 Å². The van der Waals surface area contributed by atoms with Crippen molar-refractivity contribution in [3.05, 3.63) is 85.7 Å². The third-order valence-corrected chi connectivity index (χ3v) is 7.21. The highest BCUT2D eigenvalue weighted by Crippen LogP contribution is 2.41. The Morgan fingerprint density at radius 2 is 1.94 bits per heavy atom. The Kier molecular flexibility index (Phi) is 5.17. The van der Waals surface area contributed by atoms with Crippen LogP contribution in [-0.2, 0) is 18.5 Å². The first kappa shape index (κ1) is 20.6. The average molecular weight is 449 g/mol. The van der Waals surface area contributed by atoms with Crippen LogP contribution in [0.15, 0.2) is 52.1 Å². The van der Waals surface area contributed by atoms with Gasteiger partial charge < -0.3 is 14.8 Å². The Morgan fingerprint density at radius 3 is 2.69 bits per heavy atom. The van der Waals surface area contributed by atoms with Gasteiger partial charge in [0, 0.05) is 43.2 Å². The van der Waals surface area contributed by atoms with Gasteiger partial charge in [-0.25, -0.2) is 0 Å². The summed E-state index contributed by atoms with van der Waals surface area (Å²) in [5.74, 6) is 0.300. The van der Waals surface area contributed by atoms with E-state index < -0.39 is 11.5 Å². The lowest BCUT2D eigenvalue weighted by molar-refractivity contribution is 0.0783. The molecule has 0 radical (unpaired) electrons. The quantitative estimate of drug-likeness (QED) is 0.665. The van der Waals surface area contributed by atoms with Crippen LogP contribution in [0.3, 0.4) is 0 Å². The molecule has 2 amide bonds. The number of aryl methyl sites for hydroxylation is 2. The van der Waals surface area contributed by atoms with Gasteiger partial charge >= 0.3 is 0 Å². The first-order valence-electron chi connectivity index (χ1n) is 10.7. The number of rotatable bonds is 4. The van der Waals surface area contributed by atoms with Crippen LogP contribution >= 0.6 is 11.3 Å². The number of carbonyl (C=O) groups is 2. The Labute approximate surface area is 189 Å². The Morgan fingerprint density at radius 1 is 1.16 bits per heavy atom. The Bertz CT molecular complexity index is 1230. The summed E-state index contributed by atoms with van der Waals surface area (Å²) in [5, 5.41) is 6.58. The number of thiophene rings is 1. The van der Waals surface area contributed by atoms with Gasteiger partial charge in [-0.15, -0.1) is 0 Å². The highest BCUT2D eigenvalue weighted by atomic mass is 32.1. The lowest BCUT2D eigenvalue weighted by atomic mass is 9.85. The lowest BCUT2D eigenvalue weighted by Gasteiger charge is -2.23. The molecule has 0 saturated carbocycles. The largest absolute Gasteiger partial charge is 0.348 e. The second-order valence-electron chi connectivity index (χ2n) is 8.66. The van der Waals surface area contributed by atoms with E-state index in [1.54, 1.807) is 6.20 Å². The molecule has 0 bridgehead atoms. The molecule has 0 aliphatic carbocycles. The summed E-state index contributed by atoms with van der Waals surface area (Å²) < 4.78 is 1.92. The van der Waals surface area contributed by atoms with Gasteiger partial charge in [0.15, 0.2) is 0 Å². The van der Waals surface area contributed by atoms with E-state index in [0.29, 0.717) is 37.6 Å². The molecule has 32 heavy (non-hydrogen) atoms. The molecule has 2 aromatic heterocycles. The highest BCUT2D eigenvalue weighted by Gasteiger charge is 2.47. The molecule has 1 atom stereocenters. The van der Waals surface area contributed by atoms with Gasteiger partial charge in [-0.3, -0.25) is 14.4 Å². The highest BCUT2D eigenvalue weighted by molar-refractivity contribution is 7.08. The maximum absolute atomic E-state index is 12.8. The molecule has 2 aliphatic heterocycles. The number of hydrogen-bond donors (Lipinski definition) is 1. The predicted octanol–water partition coefficient (Wildman–Crippen LogP) is 2.73. The average Bonchev–Trinajstić information content (AvgIpc) is 3.54. The van der Waals surface area contributed by atoms with Gasteiger partial charge in [0.1, 0.15) is 11.4 Å². The standard InChI is InChI=1S/C24H24N4O3S/c1-16-2-4-17(5-3-16)12-25-20(29)19-13-27-9-7-24(23(27)26-21(19)30)8-10-28(15-24)22(31)18-6-11-32-14-18/h2-6,11,13-14H,7-10,12,15H2,1H3,(H,25,29)/t24-/m0/s1. The maximum atomic E-state index is 12.8. The number of benzene rings is 1. The summed E-state index contributed by atoms with van der Waals surface area (Å²) in [5.41, 5.74) is 2.05. The fourth-order valence-corrected chi connectivity index (χ4v) is 5.30. The van der Waals surface area contributed by atoms with Crippen molar-refractivity contribution < 1.29 is 9.59 Å². The van der Waals surface area contributed by atoms with E-state index >= 15 is 0 Å². The predicted molar refractivity (Wildman–Crippen MR) is 122 cm³/mol. The van der Waals surface area contributed by atoms with Crippen LogP contribution < -0.4 is 10.9 Å². The van der Waals surface area contributed by atoms with Gasteiger partial charge in [-0.05, 0) is 36.8 Å². The second kappa shape index (κ2) is 8.02. The fraction of sp³-hybridized carbons (Fsp3) is 0.333. The molecule has 1 aromatic carbocycles. The molecule has 1 fully saturated rings. The van der Waals surface area contributed by atoms with Gasteiger partial charge in [0.05, 0.1) is 5.56 Å². The SMILES string of the molecule is Cc1ccc(CNC(=O)c2cn3c(nc2=O)[C@]2(CCN(C(=O)c4ccsc4)C2)CC3)cc1. The zero-order chi connectivity index (χ0) is 22.3. The summed E-state index contributed by atoms with van der Waals surface area (Å²) in [7, 11) is 0. The maximum Gasteiger partial charge on any atom is 0.285 e. The van der Waals surface area contributed by atoms with Crippen molar-refractivity contribution in [3.8, 4) is 0 Å². The Hall–Kier alpha value is -3.26. The number of likely N-dealkylation sites (tertiary alicyclic amines) is 1. The lowest BCUT2D eigenvalue weighted by Crippen LogP contribution is -2.36. The molecule has 1 spiro atoms. The van der Waals surface area contributed by atoms with E-state index in [0.717, 1.165) is 24.0 Å². The molecular formula is C24H24N4O3S. The third kappa shape index (κ3) is 3.64. The molecule has 2 aliphatic rings. The monoisotopic (exact) mass is 448 g/mol. The van der Waals surface area contributed by atoms with Crippen molar-refractivity contribution in [3.63, 3.8) is 0 Å². The molecular weight excluding hydrogens is 424 g/mol. The number of nitrogens with zero attached hydrogens (tertiary/aromatic N) is 3. The minimum Gasteiger partial charge on any atom is -0.348 e. The van der Waals surface area contributed by atoms with Gasteiger partial charge in [-0.1, -0.05) is 29.8 Å². The van der Waals surface area contributed by atoms with E-state index in [1.807, 2.05) is 57.5 Å². The summed E-state index contributed by atoms with van der Waals surface area (Å²) in [6, 6.07) is 9.72. The third-order valence-electron chi connectivity index (χ3n) is 6.53. The van der Waals surface area contributed by atoms with E-state index in [1.165, 1.54) is 11.3 Å². The number of nitrogens with one attached hydrogen (secondary N) is 1. The van der Waals surface area contributed by atoms with E-state index in [9.17, 15) is 14.4 Å². The fourth-order valence-electron chi connectivity index (χ4n) is 4.67. The number of hydrogen-bond acceptors (Lipinski definition) is 5. The van der Waals surface area contributed by atoms with Crippen LogP contribution in [0.25, 0.3) is 0 Å². The van der Waals surface area contributed by atoms with Crippen molar-refractivity contribution in [1.82, 2.24) is 19.8 Å². The summed E-state index contributed by atoms with van der Waals surface area (Å²) in [6.45, 7) is 4.23.